The lowest BCUT2D eigenvalue weighted by Gasteiger charge is -2.19. The normalized spacial score (nSPS) is 13.8. The minimum Gasteiger partial charge on any atom is -0.480 e. The molecule has 4 heteroatoms. The fourth-order valence-corrected chi connectivity index (χ4v) is 1.00. The van der Waals surface area contributed by atoms with E-state index in [2.05, 4.69) is 11.2 Å². The molecule has 0 fully saturated rings. The number of aliphatic carboxylic acids is 1. The number of rotatable bonds is 5. The quantitative estimate of drug-likeness (QED) is 0.635. The van der Waals surface area contributed by atoms with Crippen LogP contribution in [-0.2, 0) is 9.59 Å². The lowest BCUT2D eigenvalue weighted by Crippen LogP contribution is -2.44. The molecule has 0 aromatic carbocycles. The van der Waals surface area contributed by atoms with Crippen LogP contribution in [0.1, 0.15) is 26.7 Å². The molecule has 0 saturated carbocycles. The SMILES string of the molecule is C#CCC(=O)N[C@H](C(=O)O)[C@@H](C)CC. The first-order valence-corrected chi connectivity index (χ1v) is 4.48. The molecule has 0 rings (SSSR count). The summed E-state index contributed by atoms with van der Waals surface area (Å²) in [5.41, 5.74) is 0. The van der Waals surface area contributed by atoms with Gasteiger partial charge in [0.1, 0.15) is 6.04 Å². The Bertz CT molecular complexity index is 255. The number of hydrogen-bond donors (Lipinski definition) is 2. The lowest BCUT2D eigenvalue weighted by molar-refractivity contribution is -0.143. The van der Waals surface area contributed by atoms with Gasteiger partial charge < -0.3 is 10.4 Å². The summed E-state index contributed by atoms with van der Waals surface area (Å²) in [4.78, 5) is 21.8. The molecule has 0 aromatic rings. The van der Waals surface area contributed by atoms with Crippen LogP contribution in [0.25, 0.3) is 0 Å². The summed E-state index contributed by atoms with van der Waals surface area (Å²) in [7, 11) is 0. The molecule has 0 radical (unpaired) electrons. The molecule has 0 aliphatic heterocycles. The molecular weight excluding hydrogens is 182 g/mol. The Labute approximate surface area is 83.7 Å². The third-order valence-corrected chi connectivity index (χ3v) is 2.06. The summed E-state index contributed by atoms with van der Waals surface area (Å²) < 4.78 is 0. The highest BCUT2D eigenvalue weighted by Crippen LogP contribution is 2.07. The van der Waals surface area contributed by atoms with Crippen LogP contribution in [-0.4, -0.2) is 23.0 Å². The van der Waals surface area contributed by atoms with Crippen LogP contribution in [0.15, 0.2) is 0 Å². The van der Waals surface area contributed by atoms with E-state index in [9.17, 15) is 9.59 Å². The smallest absolute Gasteiger partial charge is 0.326 e. The summed E-state index contributed by atoms with van der Waals surface area (Å²) in [6, 6.07) is -0.846. The molecule has 0 saturated heterocycles. The number of nitrogens with one attached hydrogen (secondary N) is 1. The van der Waals surface area contributed by atoms with Crippen molar-refractivity contribution >= 4 is 11.9 Å². The van der Waals surface area contributed by atoms with E-state index in [0.717, 1.165) is 0 Å². The van der Waals surface area contributed by atoms with Crippen LogP contribution in [0.3, 0.4) is 0 Å². The third kappa shape index (κ3) is 3.94. The second kappa shape index (κ2) is 6.03. The number of carboxylic acid groups (broad SMARTS) is 1. The highest BCUT2D eigenvalue weighted by Gasteiger charge is 2.24. The minimum absolute atomic E-state index is 0.0831. The van der Waals surface area contributed by atoms with Gasteiger partial charge in [0.15, 0.2) is 0 Å². The van der Waals surface area contributed by atoms with E-state index >= 15 is 0 Å². The number of carboxylic acids is 1. The number of hydrogen-bond acceptors (Lipinski definition) is 2. The standard InChI is InChI=1S/C10H15NO3/c1-4-6-8(12)11-9(10(13)14)7(3)5-2/h1,7,9H,5-6H2,2-3H3,(H,11,12)(H,13,14)/t7-,9-/m0/s1. The summed E-state index contributed by atoms with van der Waals surface area (Å²) in [5, 5.41) is 11.2. The lowest BCUT2D eigenvalue weighted by atomic mass is 9.99. The molecule has 4 nitrogen and oxygen atoms in total. The van der Waals surface area contributed by atoms with Gasteiger partial charge in [-0.1, -0.05) is 26.2 Å². The molecule has 0 aliphatic rings. The third-order valence-electron chi connectivity index (χ3n) is 2.06. The van der Waals surface area contributed by atoms with Crippen molar-refractivity contribution in [1.82, 2.24) is 5.32 Å². The zero-order valence-corrected chi connectivity index (χ0v) is 8.41. The zero-order valence-electron chi connectivity index (χ0n) is 8.41. The van der Waals surface area contributed by atoms with Crippen LogP contribution in [0.5, 0.6) is 0 Å². The Morgan fingerprint density at radius 2 is 2.14 bits per heavy atom. The Morgan fingerprint density at radius 1 is 1.57 bits per heavy atom. The van der Waals surface area contributed by atoms with Crippen molar-refractivity contribution in [2.75, 3.05) is 0 Å². The van der Waals surface area contributed by atoms with Gasteiger partial charge in [0.2, 0.25) is 5.91 Å². The first-order chi connectivity index (χ1) is 6.52. The van der Waals surface area contributed by atoms with Crippen molar-refractivity contribution in [3.8, 4) is 12.3 Å². The van der Waals surface area contributed by atoms with E-state index in [0.29, 0.717) is 6.42 Å². The van der Waals surface area contributed by atoms with Crippen LogP contribution < -0.4 is 5.32 Å². The maximum Gasteiger partial charge on any atom is 0.326 e. The maximum absolute atomic E-state index is 11.1. The summed E-state index contributed by atoms with van der Waals surface area (Å²) in [5.74, 6) is 0.621. The average molecular weight is 197 g/mol. The van der Waals surface area contributed by atoms with E-state index in [1.807, 2.05) is 6.92 Å². The van der Waals surface area contributed by atoms with Gasteiger partial charge in [-0.05, 0) is 5.92 Å². The van der Waals surface area contributed by atoms with Crippen molar-refractivity contribution in [2.24, 2.45) is 5.92 Å². The number of carbonyl (C=O) groups excluding carboxylic acids is 1. The summed E-state index contributed by atoms with van der Waals surface area (Å²) >= 11 is 0. The monoisotopic (exact) mass is 197 g/mol. The Balaban J connectivity index is 4.32. The van der Waals surface area contributed by atoms with Gasteiger partial charge in [-0.25, -0.2) is 4.79 Å². The van der Waals surface area contributed by atoms with E-state index in [4.69, 9.17) is 11.5 Å². The number of amides is 1. The predicted octanol–water partition coefficient (Wildman–Crippen LogP) is 0.625. The predicted molar refractivity (Wildman–Crippen MR) is 52.5 cm³/mol. The summed E-state index contributed by atoms with van der Waals surface area (Å²) in [6.45, 7) is 3.64. The molecule has 0 aromatic heterocycles. The molecule has 0 unspecified atom stereocenters. The summed E-state index contributed by atoms with van der Waals surface area (Å²) in [6.07, 6.45) is 5.54. The molecule has 2 N–H and O–H groups in total. The van der Waals surface area contributed by atoms with Gasteiger partial charge in [-0.3, -0.25) is 4.79 Å². The zero-order chi connectivity index (χ0) is 11.1. The molecular formula is C10H15NO3. The molecule has 2 atom stereocenters. The van der Waals surface area contributed by atoms with Crippen molar-refractivity contribution in [2.45, 2.75) is 32.7 Å². The van der Waals surface area contributed by atoms with Gasteiger partial charge in [-0.2, -0.15) is 0 Å². The molecule has 0 heterocycles. The molecule has 1 amide bonds. The van der Waals surface area contributed by atoms with Crippen LogP contribution in [0, 0.1) is 18.3 Å². The van der Waals surface area contributed by atoms with E-state index in [-0.39, 0.29) is 12.3 Å². The van der Waals surface area contributed by atoms with E-state index < -0.39 is 17.9 Å². The van der Waals surface area contributed by atoms with Crippen molar-refractivity contribution in [1.29, 1.82) is 0 Å². The topological polar surface area (TPSA) is 66.4 Å². The number of terminal acetylenes is 1. The highest BCUT2D eigenvalue weighted by atomic mass is 16.4. The molecule has 0 bridgehead atoms. The highest BCUT2D eigenvalue weighted by molar-refractivity contribution is 5.84. The van der Waals surface area contributed by atoms with E-state index in [1.165, 1.54) is 0 Å². The first-order valence-electron chi connectivity index (χ1n) is 4.48. The van der Waals surface area contributed by atoms with Gasteiger partial charge in [0, 0.05) is 0 Å². The van der Waals surface area contributed by atoms with Crippen molar-refractivity contribution in [3.63, 3.8) is 0 Å². The Hall–Kier alpha value is -1.50. The first kappa shape index (κ1) is 12.5. The fourth-order valence-electron chi connectivity index (χ4n) is 1.00. The second-order valence-corrected chi connectivity index (χ2v) is 3.15. The Kier molecular flexibility index (Phi) is 5.38. The fraction of sp³-hybridized carbons (Fsp3) is 0.600. The largest absolute Gasteiger partial charge is 0.480 e. The molecule has 0 spiro atoms. The van der Waals surface area contributed by atoms with Crippen LogP contribution in [0.2, 0.25) is 0 Å². The molecule has 78 valence electrons. The van der Waals surface area contributed by atoms with Gasteiger partial charge in [-0.15, -0.1) is 6.42 Å². The van der Waals surface area contributed by atoms with Gasteiger partial charge in [0.25, 0.3) is 0 Å². The van der Waals surface area contributed by atoms with Crippen LogP contribution >= 0.6 is 0 Å². The van der Waals surface area contributed by atoms with Gasteiger partial charge in [0.05, 0.1) is 6.42 Å². The molecule has 0 aliphatic carbocycles. The Morgan fingerprint density at radius 3 is 2.50 bits per heavy atom. The molecule has 14 heavy (non-hydrogen) atoms. The van der Waals surface area contributed by atoms with Gasteiger partial charge >= 0.3 is 5.97 Å². The maximum atomic E-state index is 11.1. The minimum atomic E-state index is -1.02. The van der Waals surface area contributed by atoms with E-state index in [1.54, 1.807) is 6.92 Å². The number of carbonyl (C=O) groups is 2. The van der Waals surface area contributed by atoms with Crippen LogP contribution in [0.4, 0.5) is 0 Å². The average Bonchev–Trinajstić information content (AvgIpc) is 2.13. The second-order valence-electron chi connectivity index (χ2n) is 3.15. The van der Waals surface area contributed by atoms with Crippen molar-refractivity contribution in [3.05, 3.63) is 0 Å². The van der Waals surface area contributed by atoms with Crippen molar-refractivity contribution < 1.29 is 14.7 Å².